The van der Waals surface area contributed by atoms with Gasteiger partial charge in [0.25, 0.3) is 11.8 Å². The number of ether oxygens (including phenoxy) is 1. The van der Waals surface area contributed by atoms with Crippen molar-refractivity contribution in [3.8, 4) is 5.75 Å². The van der Waals surface area contributed by atoms with Crippen LogP contribution in [0, 0.1) is 3.57 Å². The van der Waals surface area contributed by atoms with Crippen LogP contribution in [-0.4, -0.2) is 24.6 Å². The van der Waals surface area contributed by atoms with Gasteiger partial charge in [-0.15, -0.1) is 0 Å². The van der Waals surface area contributed by atoms with Gasteiger partial charge >= 0.3 is 0 Å². The number of hydrazone groups is 1. The predicted molar refractivity (Wildman–Crippen MR) is 129 cm³/mol. The third kappa shape index (κ3) is 6.39. The molecule has 30 heavy (non-hydrogen) atoms. The Morgan fingerprint density at radius 2 is 1.70 bits per heavy atom. The average Bonchev–Trinajstić information content (AvgIpc) is 2.75. The molecule has 0 aromatic heterocycles. The van der Waals surface area contributed by atoms with Gasteiger partial charge < -0.3 is 10.1 Å². The number of nitrogens with one attached hydrogen (secondary N) is 2. The van der Waals surface area contributed by atoms with Crippen molar-refractivity contribution < 1.29 is 14.3 Å². The number of halogens is 2. The van der Waals surface area contributed by atoms with E-state index in [1.54, 1.807) is 42.5 Å². The molecule has 0 unspecified atom stereocenters. The number of carbonyl (C=O) groups is 2. The first kappa shape index (κ1) is 22.0. The number of benzene rings is 3. The number of hydrogen-bond donors (Lipinski definition) is 2. The summed E-state index contributed by atoms with van der Waals surface area (Å²) >= 11 is 5.49. The summed E-state index contributed by atoms with van der Waals surface area (Å²) in [7, 11) is 0. The summed E-state index contributed by atoms with van der Waals surface area (Å²) in [5, 5.41) is 6.78. The van der Waals surface area contributed by atoms with Gasteiger partial charge in [0.1, 0.15) is 5.75 Å². The summed E-state index contributed by atoms with van der Waals surface area (Å²) in [5.41, 5.74) is 4.52. The predicted octanol–water partition coefficient (Wildman–Crippen LogP) is 4.84. The molecule has 0 saturated heterocycles. The topological polar surface area (TPSA) is 79.8 Å². The molecule has 8 heteroatoms. The maximum Gasteiger partial charge on any atom is 0.272 e. The Morgan fingerprint density at radius 1 is 1.00 bits per heavy atom. The number of para-hydroxylation sites is 1. The number of amides is 2. The molecule has 2 amide bonds. The molecular weight excluding hydrogens is 561 g/mol. The Morgan fingerprint density at radius 3 is 2.43 bits per heavy atom. The van der Waals surface area contributed by atoms with E-state index in [0.29, 0.717) is 15.8 Å². The van der Waals surface area contributed by atoms with Crippen LogP contribution in [0.3, 0.4) is 0 Å². The van der Waals surface area contributed by atoms with Gasteiger partial charge in [0.2, 0.25) is 0 Å². The lowest BCUT2D eigenvalue weighted by Crippen LogP contribution is -2.20. The summed E-state index contributed by atoms with van der Waals surface area (Å²) < 4.78 is 7.17. The molecule has 0 atom stereocenters. The highest BCUT2D eigenvalue weighted by molar-refractivity contribution is 14.1. The number of nitrogens with zero attached hydrogens (tertiary/aromatic N) is 1. The highest BCUT2D eigenvalue weighted by atomic mass is 127. The molecular formula is C22H17BrIN3O3. The maximum absolute atomic E-state index is 12.1. The monoisotopic (exact) mass is 577 g/mol. The van der Waals surface area contributed by atoms with E-state index >= 15 is 0 Å². The van der Waals surface area contributed by atoms with Crippen LogP contribution in [0.25, 0.3) is 0 Å². The summed E-state index contributed by atoms with van der Waals surface area (Å²) in [6, 6.07) is 21.7. The van der Waals surface area contributed by atoms with E-state index in [1.807, 2.05) is 30.3 Å². The first-order chi connectivity index (χ1) is 14.5. The van der Waals surface area contributed by atoms with Crippen molar-refractivity contribution in [1.82, 2.24) is 5.43 Å². The minimum atomic E-state index is -0.308. The summed E-state index contributed by atoms with van der Waals surface area (Å²) in [4.78, 5) is 24.1. The minimum absolute atomic E-state index is 0.0968. The number of rotatable bonds is 7. The zero-order valence-corrected chi connectivity index (χ0v) is 19.4. The van der Waals surface area contributed by atoms with Gasteiger partial charge in [0.15, 0.2) is 6.61 Å². The fourth-order valence-corrected chi connectivity index (χ4v) is 3.41. The number of hydrogen-bond acceptors (Lipinski definition) is 4. The number of carbonyl (C=O) groups excluding carboxylic acids is 2. The SMILES string of the molecule is O=C(COc1ccc(/C=N\NC(=O)c2ccccc2Br)cc1)Nc1ccccc1I. The molecule has 0 fully saturated rings. The Hall–Kier alpha value is -2.72. The summed E-state index contributed by atoms with van der Waals surface area (Å²) in [6.07, 6.45) is 1.53. The van der Waals surface area contributed by atoms with E-state index in [1.165, 1.54) is 6.21 Å². The van der Waals surface area contributed by atoms with Gasteiger partial charge in [-0.2, -0.15) is 5.10 Å². The van der Waals surface area contributed by atoms with E-state index in [2.05, 4.69) is 54.4 Å². The maximum atomic E-state index is 12.1. The molecule has 3 aromatic rings. The normalized spacial score (nSPS) is 10.6. The summed E-state index contributed by atoms with van der Waals surface area (Å²) in [6.45, 7) is -0.0968. The van der Waals surface area contributed by atoms with Crippen LogP contribution in [0.5, 0.6) is 5.75 Å². The second-order valence-electron chi connectivity index (χ2n) is 6.06. The zero-order valence-electron chi connectivity index (χ0n) is 15.6. The van der Waals surface area contributed by atoms with Crippen molar-refractivity contribution in [2.24, 2.45) is 5.10 Å². The highest BCUT2D eigenvalue weighted by Crippen LogP contribution is 2.17. The van der Waals surface area contributed by atoms with Crippen LogP contribution in [0.2, 0.25) is 0 Å². The van der Waals surface area contributed by atoms with Crippen molar-refractivity contribution in [3.63, 3.8) is 0 Å². The van der Waals surface area contributed by atoms with Gasteiger partial charge in [0, 0.05) is 8.04 Å². The highest BCUT2D eigenvalue weighted by Gasteiger charge is 2.08. The van der Waals surface area contributed by atoms with Crippen LogP contribution < -0.4 is 15.5 Å². The largest absolute Gasteiger partial charge is 0.484 e. The minimum Gasteiger partial charge on any atom is -0.484 e. The summed E-state index contributed by atoms with van der Waals surface area (Å²) in [5.74, 6) is 0.0135. The zero-order chi connectivity index (χ0) is 21.3. The van der Waals surface area contributed by atoms with Crippen molar-refractivity contribution in [2.45, 2.75) is 0 Å². The fourth-order valence-electron chi connectivity index (χ4n) is 2.42. The molecule has 0 spiro atoms. The van der Waals surface area contributed by atoms with E-state index in [0.717, 1.165) is 14.8 Å². The third-order valence-corrected chi connectivity index (χ3v) is 5.53. The van der Waals surface area contributed by atoms with E-state index in [9.17, 15) is 9.59 Å². The molecule has 152 valence electrons. The van der Waals surface area contributed by atoms with E-state index in [4.69, 9.17) is 4.74 Å². The fraction of sp³-hybridized carbons (Fsp3) is 0.0455. The Kier molecular flexibility index (Phi) is 7.97. The molecule has 2 N–H and O–H groups in total. The van der Waals surface area contributed by atoms with E-state index < -0.39 is 0 Å². The van der Waals surface area contributed by atoms with Crippen LogP contribution in [-0.2, 0) is 4.79 Å². The van der Waals surface area contributed by atoms with Crippen molar-refractivity contribution in [2.75, 3.05) is 11.9 Å². The Bertz CT molecular complexity index is 1070. The smallest absolute Gasteiger partial charge is 0.272 e. The number of anilines is 1. The Labute approximate surface area is 196 Å². The quantitative estimate of drug-likeness (QED) is 0.240. The molecule has 0 saturated carbocycles. The Balaban J connectivity index is 1.48. The van der Waals surface area contributed by atoms with Crippen molar-refractivity contribution >= 4 is 62.2 Å². The average molecular weight is 578 g/mol. The molecule has 3 rings (SSSR count). The lowest BCUT2D eigenvalue weighted by Gasteiger charge is -2.09. The van der Waals surface area contributed by atoms with Gasteiger partial charge in [-0.05, 0) is 92.6 Å². The van der Waals surface area contributed by atoms with Crippen LogP contribution in [0.15, 0.2) is 82.4 Å². The molecule has 6 nitrogen and oxygen atoms in total. The van der Waals surface area contributed by atoms with Crippen LogP contribution >= 0.6 is 38.5 Å². The molecule has 3 aromatic carbocycles. The molecule has 0 heterocycles. The van der Waals surface area contributed by atoms with E-state index in [-0.39, 0.29) is 18.4 Å². The molecule has 0 radical (unpaired) electrons. The third-order valence-electron chi connectivity index (χ3n) is 3.90. The molecule has 0 aliphatic rings. The molecule has 0 aliphatic carbocycles. The second kappa shape index (κ2) is 10.9. The van der Waals surface area contributed by atoms with Crippen LogP contribution in [0.1, 0.15) is 15.9 Å². The standard InChI is InChI=1S/C22H17BrIN3O3/c23-18-6-2-1-5-17(18)22(29)27-25-13-15-9-11-16(12-10-15)30-14-21(28)26-20-8-4-3-7-19(20)24/h1-13H,14H2,(H,26,28)(H,27,29)/b25-13-. The van der Waals surface area contributed by atoms with Crippen LogP contribution in [0.4, 0.5) is 5.69 Å². The molecule has 0 bridgehead atoms. The van der Waals surface area contributed by atoms with Crippen molar-refractivity contribution in [1.29, 1.82) is 0 Å². The molecule has 0 aliphatic heterocycles. The lowest BCUT2D eigenvalue weighted by atomic mass is 10.2. The lowest BCUT2D eigenvalue weighted by molar-refractivity contribution is -0.118. The van der Waals surface area contributed by atoms with Gasteiger partial charge in [0.05, 0.1) is 17.5 Å². The first-order valence-electron chi connectivity index (χ1n) is 8.88. The van der Waals surface area contributed by atoms with Gasteiger partial charge in [-0.1, -0.05) is 24.3 Å². The second-order valence-corrected chi connectivity index (χ2v) is 8.08. The van der Waals surface area contributed by atoms with Crippen molar-refractivity contribution in [3.05, 3.63) is 92.0 Å². The van der Waals surface area contributed by atoms with Gasteiger partial charge in [-0.3, -0.25) is 9.59 Å². The first-order valence-corrected chi connectivity index (χ1v) is 10.8. The van der Waals surface area contributed by atoms with Gasteiger partial charge in [-0.25, -0.2) is 5.43 Å².